The van der Waals surface area contributed by atoms with E-state index in [4.69, 9.17) is 10.2 Å². The minimum Gasteiger partial charge on any atom is -0.468 e. The van der Waals surface area contributed by atoms with Crippen molar-refractivity contribution in [3.63, 3.8) is 0 Å². The molecule has 0 aromatic carbocycles. The van der Waals surface area contributed by atoms with Crippen molar-refractivity contribution in [2.45, 2.75) is 31.9 Å². The Kier molecular flexibility index (Phi) is 3.42. The summed E-state index contributed by atoms with van der Waals surface area (Å²) in [7, 11) is 0. The maximum Gasteiger partial charge on any atom is 0.116 e. The number of nitrogens with two attached hydrogens (primary N) is 1. The summed E-state index contributed by atoms with van der Waals surface area (Å²) in [6.45, 7) is 2.94. The molecule has 0 spiro atoms. The van der Waals surface area contributed by atoms with Gasteiger partial charge in [-0.3, -0.25) is 0 Å². The molecule has 0 saturated heterocycles. The van der Waals surface area contributed by atoms with Crippen molar-refractivity contribution in [3.05, 3.63) is 23.7 Å². The van der Waals surface area contributed by atoms with Crippen LogP contribution in [0, 0.1) is 12.3 Å². The van der Waals surface area contributed by atoms with Gasteiger partial charge in [-0.25, -0.2) is 0 Å². The highest BCUT2D eigenvalue weighted by molar-refractivity contribution is 7.98. The van der Waals surface area contributed by atoms with E-state index >= 15 is 0 Å². The minimum absolute atomic E-state index is 0.583. The quantitative estimate of drug-likeness (QED) is 0.809. The zero-order valence-electron chi connectivity index (χ0n) is 9.29. The van der Waals surface area contributed by atoms with Gasteiger partial charge in [0.25, 0.3) is 0 Å². The van der Waals surface area contributed by atoms with E-state index in [1.165, 1.54) is 30.6 Å². The molecule has 0 atom stereocenters. The molecule has 0 radical (unpaired) electrons. The van der Waals surface area contributed by atoms with Crippen LogP contribution in [0.3, 0.4) is 0 Å². The third-order valence-corrected chi connectivity index (χ3v) is 4.52. The van der Waals surface area contributed by atoms with E-state index in [0.717, 1.165) is 18.1 Å². The molecule has 1 saturated carbocycles. The van der Waals surface area contributed by atoms with Gasteiger partial charge >= 0.3 is 0 Å². The van der Waals surface area contributed by atoms with Crippen LogP contribution < -0.4 is 5.73 Å². The molecule has 0 amide bonds. The molecule has 0 aliphatic heterocycles. The predicted octanol–water partition coefficient (Wildman–Crippen LogP) is 2.95. The van der Waals surface area contributed by atoms with Crippen molar-refractivity contribution in [2.75, 3.05) is 12.3 Å². The van der Waals surface area contributed by atoms with E-state index < -0.39 is 0 Å². The molecule has 3 heteroatoms. The number of hydrogen-bond acceptors (Lipinski definition) is 3. The largest absolute Gasteiger partial charge is 0.468 e. The van der Waals surface area contributed by atoms with Crippen molar-refractivity contribution < 1.29 is 4.42 Å². The average Bonchev–Trinajstić information content (AvgIpc) is 2.85. The Balaban J connectivity index is 1.73. The summed E-state index contributed by atoms with van der Waals surface area (Å²) >= 11 is 1.99. The first-order valence-electron chi connectivity index (χ1n) is 5.57. The normalized spacial score (nSPS) is 18.0. The second kappa shape index (κ2) is 4.62. The van der Waals surface area contributed by atoms with E-state index in [2.05, 4.69) is 6.92 Å². The highest BCUT2D eigenvalue weighted by Crippen LogP contribution is 2.51. The molecule has 1 heterocycles. The summed E-state index contributed by atoms with van der Waals surface area (Å²) in [6, 6.07) is 2.03. The first-order chi connectivity index (χ1) is 7.26. The van der Waals surface area contributed by atoms with Gasteiger partial charge in [0.2, 0.25) is 0 Å². The van der Waals surface area contributed by atoms with Crippen molar-refractivity contribution in [1.82, 2.24) is 0 Å². The lowest BCUT2D eigenvalue weighted by molar-refractivity contribution is 0.523. The number of rotatable bonds is 6. The van der Waals surface area contributed by atoms with Crippen LogP contribution in [0.2, 0.25) is 0 Å². The first kappa shape index (κ1) is 11.1. The topological polar surface area (TPSA) is 39.2 Å². The van der Waals surface area contributed by atoms with E-state index in [0.29, 0.717) is 5.41 Å². The fourth-order valence-corrected chi connectivity index (χ4v) is 3.31. The third kappa shape index (κ3) is 2.79. The highest BCUT2D eigenvalue weighted by Gasteiger charge is 2.41. The molecule has 2 rings (SSSR count). The van der Waals surface area contributed by atoms with E-state index in [1.54, 1.807) is 6.26 Å². The van der Waals surface area contributed by atoms with Crippen molar-refractivity contribution in [3.8, 4) is 0 Å². The van der Waals surface area contributed by atoms with E-state index in [1.807, 2.05) is 17.8 Å². The average molecular weight is 225 g/mol. The van der Waals surface area contributed by atoms with Crippen LogP contribution >= 0.6 is 11.8 Å². The molecule has 1 aliphatic carbocycles. The zero-order valence-corrected chi connectivity index (χ0v) is 10.1. The van der Waals surface area contributed by atoms with E-state index in [-0.39, 0.29) is 0 Å². The molecule has 1 fully saturated rings. The molecular formula is C12H19NOS. The summed E-state index contributed by atoms with van der Waals surface area (Å²) in [4.78, 5) is 0. The molecule has 0 unspecified atom stereocenters. The first-order valence-corrected chi connectivity index (χ1v) is 6.72. The second-order valence-corrected chi connectivity index (χ2v) is 5.54. The van der Waals surface area contributed by atoms with Crippen LogP contribution in [0.25, 0.3) is 0 Å². The molecule has 2 nitrogen and oxygen atoms in total. The van der Waals surface area contributed by atoms with Gasteiger partial charge in [0, 0.05) is 0 Å². The van der Waals surface area contributed by atoms with Crippen molar-refractivity contribution in [2.24, 2.45) is 11.1 Å². The molecule has 15 heavy (non-hydrogen) atoms. The lowest BCUT2D eigenvalue weighted by Crippen LogP contribution is -2.11. The monoisotopic (exact) mass is 225 g/mol. The maximum absolute atomic E-state index is 5.62. The van der Waals surface area contributed by atoms with Gasteiger partial charge in [-0.05, 0) is 55.5 Å². The Labute approximate surface area is 95.6 Å². The van der Waals surface area contributed by atoms with Crippen LogP contribution in [0.5, 0.6) is 0 Å². The third-order valence-electron chi connectivity index (χ3n) is 3.24. The summed E-state index contributed by atoms with van der Waals surface area (Å²) in [6.07, 6.45) is 5.71. The van der Waals surface area contributed by atoms with Crippen molar-refractivity contribution >= 4 is 11.8 Å². The van der Waals surface area contributed by atoms with Crippen molar-refractivity contribution in [1.29, 1.82) is 0 Å². The standard InChI is InChI=1S/C12H19NOS/c1-10-2-7-14-11(10)8-15-9-12(3-4-12)5-6-13/h2,7H,3-6,8-9,13H2,1H3. The van der Waals surface area contributed by atoms with Gasteiger partial charge in [0.15, 0.2) is 0 Å². The molecule has 1 aromatic rings. The number of hydrogen-bond donors (Lipinski definition) is 1. The molecule has 2 N–H and O–H groups in total. The van der Waals surface area contributed by atoms with Crippen LogP contribution in [-0.2, 0) is 5.75 Å². The molecule has 0 bridgehead atoms. The van der Waals surface area contributed by atoms with E-state index in [9.17, 15) is 0 Å². The number of thioether (sulfide) groups is 1. The van der Waals surface area contributed by atoms with Gasteiger partial charge in [0.05, 0.1) is 12.0 Å². The van der Waals surface area contributed by atoms with Crippen LogP contribution in [0.1, 0.15) is 30.6 Å². The number of aryl methyl sites for hydroxylation is 1. The Morgan fingerprint density at radius 1 is 1.53 bits per heavy atom. The molecule has 1 aliphatic rings. The fourth-order valence-electron chi connectivity index (χ4n) is 1.86. The van der Waals surface area contributed by atoms with Gasteiger partial charge in [-0.15, -0.1) is 0 Å². The van der Waals surface area contributed by atoms with Gasteiger partial charge in [-0.2, -0.15) is 11.8 Å². The predicted molar refractivity (Wildman–Crippen MR) is 64.9 cm³/mol. The molecular weight excluding hydrogens is 206 g/mol. The smallest absolute Gasteiger partial charge is 0.116 e. The lowest BCUT2D eigenvalue weighted by Gasteiger charge is -2.12. The van der Waals surface area contributed by atoms with Gasteiger partial charge in [-0.1, -0.05) is 0 Å². The van der Waals surface area contributed by atoms with Gasteiger partial charge in [0.1, 0.15) is 5.76 Å². The Bertz CT molecular complexity index is 317. The lowest BCUT2D eigenvalue weighted by atomic mass is 10.1. The molecule has 84 valence electrons. The summed E-state index contributed by atoms with van der Waals surface area (Å²) in [5, 5.41) is 0. The second-order valence-electron chi connectivity index (χ2n) is 4.56. The highest BCUT2D eigenvalue weighted by atomic mass is 32.2. The SMILES string of the molecule is Cc1ccoc1CSCC1(CCN)CC1. The summed E-state index contributed by atoms with van der Waals surface area (Å²) in [5.41, 5.74) is 7.47. The Morgan fingerprint density at radius 3 is 2.87 bits per heavy atom. The fraction of sp³-hybridized carbons (Fsp3) is 0.667. The van der Waals surface area contributed by atoms with Crippen LogP contribution in [-0.4, -0.2) is 12.3 Å². The Hall–Kier alpha value is -0.410. The maximum atomic E-state index is 5.62. The van der Waals surface area contributed by atoms with Crippen LogP contribution in [0.15, 0.2) is 16.7 Å². The molecule has 1 aromatic heterocycles. The summed E-state index contributed by atoms with van der Waals surface area (Å²) in [5.74, 6) is 3.37. The Morgan fingerprint density at radius 2 is 2.33 bits per heavy atom. The number of furan rings is 1. The zero-order chi connectivity index (χ0) is 10.7. The van der Waals surface area contributed by atoms with Gasteiger partial charge < -0.3 is 10.2 Å². The summed E-state index contributed by atoms with van der Waals surface area (Å²) < 4.78 is 5.41. The minimum atomic E-state index is 0.583. The van der Waals surface area contributed by atoms with Crippen LogP contribution in [0.4, 0.5) is 0 Å².